The van der Waals surface area contributed by atoms with Gasteiger partial charge in [-0.3, -0.25) is 4.68 Å². The molecule has 0 saturated carbocycles. The summed E-state index contributed by atoms with van der Waals surface area (Å²) in [7, 11) is 0. The topological polar surface area (TPSA) is 29.9 Å². The fourth-order valence-corrected chi connectivity index (χ4v) is 1.90. The molecule has 0 aliphatic heterocycles. The molecule has 0 aromatic carbocycles. The van der Waals surface area contributed by atoms with Gasteiger partial charge in [-0.2, -0.15) is 5.10 Å². The van der Waals surface area contributed by atoms with E-state index in [-0.39, 0.29) is 0 Å². The number of nitrogens with one attached hydrogen (secondary N) is 1. The zero-order valence-corrected chi connectivity index (χ0v) is 10.6. The van der Waals surface area contributed by atoms with Gasteiger partial charge >= 0.3 is 0 Å². The molecule has 0 saturated heterocycles. The van der Waals surface area contributed by atoms with Gasteiger partial charge in [0.2, 0.25) is 0 Å². The largest absolute Gasteiger partial charge is 0.317 e. The van der Waals surface area contributed by atoms with Crippen molar-refractivity contribution in [3.05, 3.63) is 16.4 Å². The molecule has 0 fully saturated rings. The van der Waals surface area contributed by atoms with E-state index >= 15 is 0 Å². The number of hydrogen-bond acceptors (Lipinski definition) is 2. The zero-order valence-electron chi connectivity index (χ0n) is 9.05. The molecular weight excluding hydrogens is 242 g/mol. The van der Waals surface area contributed by atoms with Gasteiger partial charge in [-0.25, -0.2) is 0 Å². The Labute approximate surface area is 94.0 Å². The molecule has 1 rings (SSSR count). The van der Waals surface area contributed by atoms with Gasteiger partial charge in [-0.1, -0.05) is 6.92 Å². The number of hydrogen-bond donors (Lipinski definition) is 1. The van der Waals surface area contributed by atoms with E-state index in [4.69, 9.17) is 0 Å². The average Bonchev–Trinajstić information content (AvgIpc) is 2.48. The Morgan fingerprint density at radius 3 is 2.86 bits per heavy atom. The van der Waals surface area contributed by atoms with Crippen LogP contribution >= 0.6 is 15.9 Å². The maximum absolute atomic E-state index is 4.34. The third-order valence-corrected chi connectivity index (χ3v) is 2.79. The van der Waals surface area contributed by atoms with Crippen molar-refractivity contribution in [1.29, 1.82) is 0 Å². The third kappa shape index (κ3) is 2.82. The normalized spacial score (nSPS) is 11.2. The van der Waals surface area contributed by atoms with Crippen LogP contribution in [0.3, 0.4) is 0 Å². The molecule has 0 amide bonds. The minimum Gasteiger partial charge on any atom is -0.317 e. The van der Waals surface area contributed by atoms with Crippen molar-refractivity contribution in [2.24, 2.45) is 0 Å². The maximum atomic E-state index is 4.34. The highest BCUT2D eigenvalue weighted by molar-refractivity contribution is 9.10. The van der Waals surface area contributed by atoms with Crippen molar-refractivity contribution < 1.29 is 0 Å². The van der Waals surface area contributed by atoms with Gasteiger partial charge in [0.1, 0.15) is 0 Å². The Balaban J connectivity index is 2.67. The molecule has 1 N–H and O–H groups in total. The SMILES string of the molecule is CCNCCc1c(Br)cnn1C(C)C. The summed E-state index contributed by atoms with van der Waals surface area (Å²) < 4.78 is 3.19. The lowest BCUT2D eigenvalue weighted by atomic mass is 10.3. The van der Waals surface area contributed by atoms with Gasteiger partial charge in [-0.15, -0.1) is 0 Å². The van der Waals surface area contributed by atoms with E-state index in [1.54, 1.807) is 0 Å². The van der Waals surface area contributed by atoms with Crippen molar-refractivity contribution in [3.8, 4) is 0 Å². The molecule has 1 aromatic heterocycles. The van der Waals surface area contributed by atoms with Crippen molar-refractivity contribution in [1.82, 2.24) is 15.1 Å². The highest BCUT2D eigenvalue weighted by atomic mass is 79.9. The molecule has 0 bridgehead atoms. The fraction of sp³-hybridized carbons (Fsp3) is 0.700. The second kappa shape index (κ2) is 5.51. The van der Waals surface area contributed by atoms with Gasteiger partial charge in [-0.05, 0) is 36.3 Å². The van der Waals surface area contributed by atoms with Crippen LogP contribution < -0.4 is 5.32 Å². The van der Waals surface area contributed by atoms with Crippen LogP contribution in [0.15, 0.2) is 10.7 Å². The van der Waals surface area contributed by atoms with Crippen LogP contribution in [0.4, 0.5) is 0 Å². The zero-order chi connectivity index (χ0) is 10.6. The number of aromatic nitrogens is 2. The molecule has 4 heteroatoms. The molecule has 1 heterocycles. The predicted octanol–water partition coefficient (Wildman–Crippen LogP) is 2.38. The molecule has 0 atom stereocenters. The summed E-state index contributed by atoms with van der Waals surface area (Å²) >= 11 is 3.53. The van der Waals surface area contributed by atoms with Crippen molar-refractivity contribution in [3.63, 3.8) is 0 Å². The van der Waals surface area contributed by atoms with Crippen molar-refractivity contribution in [2.45, 2.75) is 33.2 Å². The van der Waals surface area contributed by atoms with E-state index in [0.29, 0.717) is 6.04 Å². The van der Waals surface area contributed by atoms with Crippen LogP contribution in [0.2, 0.25) is 0 Å². The first-order valence-electron chi connectivity index (χ1n) is 5.09. The van der Waals surface area contributed by atoms with Crippen molar-refractivity contribution in [2.75, 3.05) is 13.1 Å². The summed E-state index contributed by atoms with van der Waals surface area (Å²) in [6, 6.07) is 0.429. The van der Waals surface area contributed by atoms with E-state index in [1.165, 1.54) is 5.69 Å². The number of rotatable bonds is 5. The first-order chi connectivity index (χ1) is 6.66. The monoisotopic (exact) mass is 259 g/mol. The summed E-state index contributed by atoms with van der Waals surface area (Å²) in [4.78, 5) is 0. The molecule has 3 nitrogen and oxygen atoms in total. The van der Waals surface area contributed by atoms with Crippen molar-refractivity contribution >= 4 is 15.9 Å². The first-order valence-corrected chi connectivity index (χ1v) is 5.88. The smallest absolute Gasteiger partial charge is 0.0635 e. The Hall–Kier alpha value is -0.350. The minimum absolute atomic E-state index is 0.429. The van der Waals surface area contributed by atoms with E-state index in [9.17, 15) is 0 Å². The van der Waals surface area contributed by atoms with Gasteiger partial charge < -0.3 is 5.32 Å². The Bertz CT molecular complexity index is 281. The Morgan fingerprint density at radius 2 is 2.29 bits per heavy atom. The summed E-state index contributed by atoms with van der Waals surface area (Å²) in [6.45, 7) is 8.45. The molecular formula is C10H18BrN3. The molecule has 80 valence electrons. The average molecular weight is 260 g/mol. The van der Waals surface area contributed by atoms with E-state index < -0.39 is 0 Å². The number of halogens is 1. The van der Waals surface area contributed by atoms with Crippen LogP contribution in [0.25, 0.3) is 0 Å². The van der Waals surface area contributed by atoms with Crippen LogP contribution in [0.1, 0.15) is 32.5 Å². The van der Waals surface area contributed by atoms with E-state index in [1.807, 2.05) is 6.20 Å². The predicted molar refractivity (Wildman–Crippen MR) is 62.6 cm³/mol. The summed E-state index contributed by atoms with van der Waals surface area (Å²) in [5.74, 6) is 0. The molecule has 0 aliphatic rings. The maximum Gasteiger partial charge on any atom is 0.0635 e. The minimum atomic E-state index is 0.429. The van der Waals surface area contributed by atoms with Crippen LogP contribution in [0, 0.1) is 0 Å². The number of nitrogens with zero attached hydrogens (tertiary/aromatic N) is 2. The first kappa shape index (κ1) is 11.7. The fourth-order valence-electron chi connectivity index (χ4n) is 1.43. The molecule has 14 heavy (non-hydrogen) atoms. The van der Waals surface area contributed by atoms with Crippen LogP contribution in [-0.4, -0.2) is 22.9 Å². The molecule has 1 aromatic rings. The number of likely N-dealkylation sites (N-methyl/N-ethyl adjacent to an activating group) is 1. The molecule has 0 radical (unpaired) electrons. The second-order valence-corrected chi connectivity index (χ2v) is 4.44. The lowest BCUT2D eigenvalue weighted by Gasteiger charge is -2.11. The lowest BCUT2D eigenvalue weighted by Crippen LogP contribution is -2.18. The van der Waals surface area contributed by atoms with E-state index in [2.05, 4.69) is 51.8 Å². The van der Waals surface area contributed by atoms with Crippen LogP contribution in [-0.2, 0) is 6.42 Å². The van der Waals surface area contributed by atoms with Gasteiger partial charge in [0.05, 0.1) is 16.4 Å². The quantitative estimate of drug-likeness (QED) is 0.824. The molecule has 0 aliphatic carbocycles. The van der Waals surface area contributed by atoms with E-state index in [0.717, 1.165) is 24.0 Å². The van der Waals surface area contributed by atoms with Gasteiger partial charge in [0, 0.05) is 19.0 Å². The van der Waals surface area contributed by atoms with Gasteiger partial charge in [0.15, 0.2) is 0 Å². The highest BCUT2D eigenvalue weighted by Crippen LogP contribution is 2.19. The van der Waals surface area contributed by atoms with Gasteiger partial charge in [0.25, 0.3) is 0 Å². The summed E-state index contributed by atoms with van der Waals surface area (Å²) in [6.07, 6.45) is 2.90. The van der Waals surface area contributed by atoms with Crippen LogP contribution in [0.5, 0.6) is 0 Å². The molecule has 0 spiro atoms. The lowest BCUT2D eigenvalue weighted by molar-refractivity contribution is 0.504. The Kier molecular flexibility index (Phi) is 4.62. The molecule has 0 unspecified atom stereocenters. The third-order valence-electron chi connectivity index (χ3n) is 2.13. The second-order valence-electron chi connectivity index (χ2n) is 3.58. The Morgan fingerprint density at radius 1 is 1.57 bits per heavy atom. The standard InChI is InChI=1S/C10H18BrN3/c1-4-12-6-5-10-9(11)7-13-14(10)8(2)3/h7-8,12H,4-6H2,1-3H3. The highest BCUT2D eigenvalue weighted by Gasteiger charge is 2.10. The summed E-state index contributed by atoms with van der Waals surface area (Å²) in [5.41, 5.74) is 1.28. The summed E-state index contributed by atoms with van der Waals surface area (Å²) in [5, 5.41) is 7.65.